The maximum Gasteiger partial charge on any atom is 0.405 e. The average Bonchev–Trinajstić information content (AvgIpc) is 3.00. The van der Waals surface area contributed by atoms with E-state index in [2.05, 4.69) is 10.6 Å². The summed E-state index contributed by atoms with van der Waals surface area (Å²) in [5, 5.41) is 13.4. The Morgan fingerprint density at radius 1 is 1.11 bits per heavy atom. The fraction of sp³-hybridized carbons (Fsp3) is 0.222. The van der Waals surface area contributed by atoms with Gasteiger partial charge in [0.1, 0.15) is 11.6 Å². The lowest BCUT2D eigenvalue weighted by molar-refractivity contribution is 0.102. The molecule has 3 rings (SSSR count). The van der Waals surface area contributed by atoms with Crippen molar-refractivity contribution in [3.63, 3.8) is 0 Å². The van der Waals surface area contributed by atoms with Gasteiger partial charge in [0, 0.05) is 16.8 Å². The van der Waals surface area contributed by atoms with Crippen molar-refractivity contribution in [1.29, 1.82) is 0 Å². The number of rotatable bonds is 4. The summed E-state index contributed by atoms with van der Waals surface area (Å²) in [5.41, 5.74) is -0.334. The smallest absolute Gasteiger partial charge is 0.405 e. The van der Waals surface area contributed by atoms with Crippen molar-refractivity contribution in [2.24, 2.45) is 0 Å². The van der Waals surface area contributed by atoms with E-state index in [0.29, 0.717) is 5.56 Å². The van der Waals surface area contributed by atoms with Gasteiger partial charge in [-0.15, -0.1) is 12.4 Å². The molecule has 2 aromatic rings. The van der Waals surface area contributed by atoms with Crippen LogP contribution in [0.2, 0.25) is 0 Å². The second kappa shape index (κ2) is 8.47. The van der Waals surface area contributed by atoms with Crippen molar-refractivity contribution in [1.82, 2.24) is 5.32 Å². The highest BCUT2D eigenvalue weighted by Crippen LogP contribution is 2.36. The fourth-order valence-corrected chi connectivity index (χ4v) is 3.21. The third-order valence-electron chi connectivity index (χ3n) is 4.37. The molecule has 1 aliphatic rings. The van der Waals surface area contributed by atoms with Crippen molar-refractivity contribution in [3.8, 4) is 0 Å². The zero-order chi connectivity index (χ0) is 19.7. The molecule has 5 nitrogen and oxygen atoms in total. The number of hydrogen-bond donors (Lipinski definition) is 3. The van der Waals surface area contributed by atoms with E-state index in [0.717, 1.165) is 24.3 Å². The number of anilines is 1. The number of alkyl halides is 2. The van der Waals surface area contributed by atoms with Crippen LogP contribution in [0, 0.1) is 11.6 Å². The van der Waals surface area contributed by atoms with Crippen LogP contribution in [-0.2, 0) is 6.42 Å². The molecule has 150 valence electrons. The van der Waals surface area contributed by atoms with Gasteiger partial charge in [0.05, 0.1) is 11.6 Å². The molecule has 2 aromatic carbocycles. The molecule has 0 unspecified atom stereocenters. The lowest BCUT2D eigenvalue weighted by Crippen LogP contribution is -2.25. The molecule has 0 fully saturated rings. The highest BCUT2D eigenvalue weighted by molar-refractivity contribution is 6.05. The summed E-state index contributed by atoms with van der Waals surface area (Å²) in [5.74, 6) is -2.41. The molecule has 0 bridgehead atoms. The standard InChI is InChI=1S/C18H14F4N2O3.ClH/c19-12-4-1-8(7-11(12)16(21)22)23-17(25)10-2-5-13(20)15-9(10)3-6-14(15)24-18(26)27;/h1-2,4-5,7,14,16,24H,3,6H2,(H,23,25)(H,26,27);1H/t14-;/m0./s1. The van der Waals surface area contributed by atoms with Crippen molar-refractivity contribution in [3.05, 3.63) is 64.2 Å². The minimum Gasteiger partial charge on any atom is -0.465 e. The lowest BCUT2D eigenvalue weighted by atomic mass is 10.0. The second-order valence-electron chi connectivity index (χ2n) is 6.02. The summed E-state index contributed by atoms with van der Waals surface area (Å²) in [4.78, 5) is 23.4. The number of nitrogens with one attached hydrogen (secondary N) is 2. The van der Waals surface area contributed by atoms with Gasteiger partial charge in [-0.05, 0) is 48.7 Å². The average molecular weight is 419 g/mol. The minimum absolute atomic E-state index is 0. The number of hydrogen-bond acceptors (Lipinski definition) is 2. The molecule has 28 heavy (non-hydrogen) atoms. The summed E-state index contributed by atoms with van der Waals surface area (Å²) in [7, 11) is 0. The highest BCUT2D eigenvalue weighted by atomic mass is 35.5. The largest absolute Gasteiger partial charge is 0.465 e. The van der Waals surface area contributed by atoms with Crippen LogP contribution < -0.4 is 10.6 Å². The van der Waals surface area contributed by atoms with E-state index in [1.54, 1.807) is 0 Å². The van der Waals surface area contributed by atoms with Crippen LogP contribution in [0.5, 0.6) is 0 Å². The summed E-state index contributed by atoms with van der Waals surface area (Å²) in [6.45, 7) is 0. The Kier molecular flexibility index (Phi) is 6.50. The number of amides is 2. The van der Waals surface area contributed by atoms with Crippen LogP contribution in [0.3, 0.4) is 0 Å². The number of benzene rings is 2. The van der Waals surface area contributed by atoms with E-state index in [1.807, 2.05) is 0 Å². The van der Waals surface area contributed by atoms with Gasteiger partial charge in [-0.2, -0.15) is 0 Å². The first-order chi connectivity index (χ1) is 12.8. The molecular formula is C18H15ClF4N2O3. The molecule has 0 radical (unpaired) electrons. The zero-order valence-corrected chi connectivity index (χ0v) is 15.0. The van der Waals surface area contributed by atoms with Gasteiger partial charge < -0.3 is 15.7 Å². The summed E-state index contributed by atoms with van der Waals surface area (Å²) >= 11 is 0. The molecule has 0 heterocycles. The Morgan fingerprint density at radius 3 is 2.43 bits per heavy atom. The van der Waals surface area contributed by atoms with Crippen molar-refractivity contribution in [2.45, 2.75) is 25.3 Å². The monoisotopic (exact) mass is 418 g/mol. The van der Waals surface area contributed by atoms with E-state index in [9.17, 15) is 27.2 Å². The van der Waals surface area contributed by atoms with Gasteiger partial charge in [-0.1, -0.05) is 0 Å². The molecule has 0 saturated carbocycles. The lowest BCUT2D eigenvalue weighted by Gasteiger charge is -2.14. The SMILES string of the molecule is Cl.O=C(O)N[C@H]1CCc2c(C(=O)Nc3ccc(F)c(C(F)F)c3)ccc(F)c21. The molecule has 0 saturated heterocycles. The molecule has 3 N–H and O–H groups in total. The fourth-order valence-electron chi connectivity index (χ4n) is 3.21. The van der Waals surface area contributed by atoms with Crippen LogP contribution >= 0.6 is 12.4 Å². The quantitative estimate of drug-likeness (QED) is 0.622. The third-order valence-corrected chi connectivity index (χ3v) is 4.37. The third kappa shape index (κ3) is 4.19. The maximum atomic E-state index is 14.2. The maximum absolute atomic E-state index is 14.2. The van der Waals surface area contributed by atoms with Gasteiger partial charge in [0.15, 0.2) is 0 Å². The number of carboxylic acid groups (broad SMARTS) is 1. The van der Waals surface area contributed by atoms with Gasteiger partial charge >= 0.3 is 6.09 Å². The molecule has 10 heteroatoms. The number of halogens is 5. The van der Waals surface area contributed by atoms with Crippen molar-refractivity contribution in [2.75, 3.05) is 5.32 Å². The number of carbonyl (C=O) groups is 2. The first-order valence-electron chi connectivity index (χ1n) is 7.97. The van der Waals surface area contributed by atoms with E-state index in [1.165, 1.54) is 6.07 Å². The highest BCUT2D eigenvalue weighted by Gasteiger charge is 2.31. The van der Waals surface area contributed by atoms with Crippen LogP contribution in [0.15, 0.2) is 30.3 Å². The normalized spacial score (nSPS) is 15.0. The first kappa shape index (κ1) is 21.5. The molecule has 0 spiro atoms. The summed E-state index contributed by atoms with van der Waals surface area (Å²) in [6.07, 6.45) is -3.80. The number of carbonyl (C=O) groups excluding carboxylic acids is 1. The topological polar surface area (TPSA) is 78.4 Å². The van der Waals surface area contributed by atoms with E-state index < -0.39 is 41.7 Å². The number of fused-ring (bicyclic) bond motifs is 1. The minimum atomic E-state index is -3.04. The predicted octanol–water partition coefficient (Wildman–Crippen LogP) is 4.83. The predicted molar refractivity (Wildman–Crippen MR) is 95.2 cm³/mol. The van der Waals surface area contributed by atoms with Crippen LogP contribution in [0.4, 0.5) is 28.0 Å². The van der Waals surface area contributed by atoms with Crippen LogP contribution in [0.25, 0.3) is 0 Å². The summed E-state index contributed by atoms with van der Waals surface area (Å²) in [6, 6.07) is 4.30. The molecule has 2 amide bonds. The molecular weight excluding hydrogens is 404 g/mol. The Balaban J connectivity index is 0.00000280. The Bertz CT molecular complexity index is 924. The molecule has 1 aliphatic carbocycles. The molecule has 1 atom stereocenters. The first-order valence-corrected chi connectivity index (χ1v) is 7.97. The zero-order valence-electron chi connectivity index (χ0n) is 14.1. The van der Waals surface area contributed by atoms with E-state index in [4.69, 9.17) is 5.11 Å². The molecule has 0 aliphatic heterocycles. The molecule has 0 aromatic heterocycles. The van der Waals surface area contributed by atoms with Crippen LogP contribution in [-0.4, -0.2) is 17.1 Å². The van der Waals surface area contributed by atoms with Gasteiger partial charge in [0.25, 0.3) is 12.3 Å². The van der Waals surface area contributed by atoms with Gasteiger partial charge in [-0.25, -0.2) is 22.4 Å². The Hall–Kier alpha value is -2.81. The second-order valence-corrected chi connectivity index (χ2v) is 6.02. The summed E-state index contributed by atoms with van der Waals surface area (Å²) < 4.78 is 53.1. The van der Waals surface area contributed by atoms with Crippen molar-refractivity contribution >= 4 is 30.1 Å². The Labute approximate surface area is 163 Å². The Morgan fingerprint density at radius 2 is 1.79 bits per heavy atom. The van der Waals surface area contributed by atoms with Crippen molar-refractivity contribution < 1.29 is 32.3 Å². The van der Waals surface area contributed by atoms with Crippen LogP contribution in [0.1, 0.15) is 45.9 Å². The van der Waals surface area contributed by atoms with E-state index >= 15 is 0 Å². The van der Waals surface area contributed by atoms with Gasteiger partial charge in [-0.3, -0.25) is 4.79 Å². The van der Waals surface area contributed by atoms with E-state index in [-0.39, 0.29) is 42.1 Å². The van der Waals surface area contributed by atoms with Gasteiger partial charge in [0.2, 0.25) is 0 Å².